The smallest absolute Gasteiger partial charge is 0.308 e. The van der Waals surface area contributed by atoms with E-state index >= 15 is 0 Å². The fraction of sp³-hybridized carbons (Fsp3) is 0.923. The van der Waals surface area contributed by atoms with Crippen molar-refractivity contribution < 1.29 is 19.4 Å². The Morgan fingerprint density at radius 1 is 1.32 bits per heavy atom. The summed E-state index contributed by atoms with van der Waals surface area (Å²) in [7, 11) is 1.38. The van der Waals surface area contributed by atoms with Gasteiger partial charge in [-0.25, -0.2) is 0 Å². The van der Waals surface area contributed by atoms with Gasteiger partial charge in [0.05, 0.1) is 36.4 Å². The lowest BCUT2D eigenvalue weighted by Gasteiger charge is -2.35. The molecule has 0 radical (unpaired) electrons. The van der Waals surface area contributed by atoms with Crippen LogP contribution >= 0.6 is 23.5 Å². The van der Waals surface area contributed by atoms with Crippen molar-refractivity contribution in [2.75, 3.05) is 18.6 Å². The molecule has 0 amide bonds. The summed E-state index contributed by atoms with van der Waals surface area (Å²) < 4.78 is 11.2. The minimum atomic E-state index is -0.355. The highest BCUT2D eigenvalue weighted by molar-refractivity contribution is 8.17. The number of hydrogen-bond acceptors (Lipinski definition) is 6. The van der Waals surface area contributed by atoms with Gasteiger partial charge in [-0.15, -0.1) is 23.5 Å². The Hall–Kier alpha value is 0.0900. The molecule has 3 atom stereocenters. The molecule has 2 aliphatic rings. The van der Waals surface area contributed by atoms with Gasteiger partial charge in [-0.05, 0) is 30.8 Å². The van der Waals surface area contributed by atoms with E-state index in [2.05, 4.69) is 4.74 Å². The third-order valence-corrected chi connectivity index (χ3v) is 6.42. The van der Waals surface area contributed by atoms with Crippen molar-refractivity contribution >= 4 is 29.5 Å². The fourth-order valence-corrected chi connectivity index (χ4v) is 5.52. The highest BCUT2D eigenvalue weighted by atomic mass is 32.2. The summed E-state index contributed by atoms with van der Waals surface area (Å²) in [5.41, 5.74) is 0. The molecule has 2 heterocycles. The Morgan fingerprint density at radius 3 is 2.68 bits per heavy atom. The van der Waals surface area contributed by atoms with Gasteiger partial charge in [0, 0.05) is 6.42 Å². The fourth-order valence-electron chi connectivity index (χ4n) is 2.53. The largest absolute Gasteiger partial charge is 0.469 e. The standard InChI is InChI=1S/C13H22O4S2/c1-16-12(15)7-10-5-9(14)6-11(17-10)8-13-18-3-2-4-19-13/h9-11,13-14H,2-8H2,1H3/t9-,10-,11+/m0/s1. The quantitative estimate of drug-likeness (QED) is 0.802. The summed E-state index contributed by atoms with van der Waals surface area (Å²) >= 11 is 3.97. The number of ether oxygens (including phenoxy) is 2. The van der Waals surface area contributed by atoms with E-state index in [9.17, 15) is 9.90 Å². The number of aliphatic hydroxyl groups excluding tert-OH is 1. The van der Waals surface area contributed by atoms with Gasteiger partial charge in [0.15, 0.2) is 0 Å². The third-order valence-electron chi connectivity index (χ3n) is 3.43. The van der Waals surface area contributed by atoms with E-state index in [4.69, 9.17) is 4.74 Å². The van der Waals surface area contributed by atoms with Crippen LogP contribution in [-0.4, -0.2) is 52.6 Å². The summed E-state index contributed by atoms with van der Waals surface area (Å²) in [6.07, 6.45) is 3.24. The summed E-state index contributed by atoms with van der Waals surface area (Å²) in [6.45, 7) is 0. The molecule has 0 aromatic carbocycles. The Bertz CT molecular complexity index is 294. The zero-order chi connectivity index (χ0) is 13.7. The van der Waals surface area contributed by atoms with Gasteiger partial charge in [0.1, 0.15) is 0 Å². The van der Waals surface area contributed by atoms with Gasteiger partial charge in [-0.3, -0.25) is 4.79 Å². The normalized spacial score (nSPS) is 33.1. The first kappa shape index (κ1) is 15.5. The predicted octanol–water partition coefficient (Wildman–Crippen LogP) is 2.04. The molecule has 2 rings (SSSR count). The summed E-state index contributed by atoms with van der Waals surface area (Å²) in [5.74, 6) is 2.18. The van der Waals surface area contributed by atoms with Crippen LogP contribution in [0.2, 0.25) is 0 Å². The first-order valence-corrected chi connectivity index (χ1v) is 8.90. The van der Waals surface area contributed by atoms with Gasteiger partial charge in [0.2, 0.25) is 0 Å². The number of rotatable bonds is 4. The molecule has 2 saturated heterocycles. The molecule has 2 aliphatic heterocycles. The second-order valence-corrected chi connectivity index (χ2v) is 7.97. The zero-order valence-electron chi connectivity index (χ0n) is 11.2. The van der Waals surface area contributed by atoms with Crippen LogP contribution in [0.4, 0.5) is 0 Å². The van der Waals surface area contributed by atoms with Crippen LogP contribution in [0.1, 0.15) is 32.1 Å². The van der Waals surface area contributed by atoms with Crippen molar-refractivity contribution in [2.24, 2.45) is 0 Å². The Morgan fingerprint density at radius 2 is 2.00 bits per heavy atom. The van der Waals surface area contributed by atoms with Crippen LogP contribution < -0.4 is 0 Å². The van der Waals surface area contributed by atoms with Crippen LogP contribution in [0, 0.1) is 0 Å². The molecule has 0 bridgehead atoms. The molecular formula is C13H22O4S2. The summed E-state index contributed by atoms with van der Waals surface area (Å²) in [4.78, 5) is 11.3. The highest BCUT2D eigenvalue weighted by Crippen LogP contribution is 2.36. The van der Waals surface area contributed by atoms with E-state index in [-0.39, 0.29) is 30.7 Å². The molecule has 110 valence electrons. The van der Waals surface area contributed by atoms with Gasteiger partial charge in [-0.2, -0.15) is 0 Å². The average molecular weight is 306 g/mol. The number of aliphatic hydroxyl groups is 1. The minimum Gasteiger partial charge on any atom is -0.469 e. The van der Waals surface area contributed by atoms with Crippen LogP contribution in [0.3, 0.4) is 0 Å². The van der Waals surface area contributed by atoms with Gasteiger partial charge < -0.3 is 14.6 Å². The molecule has 4 nitrogen and oxygen atoms in total. The topological polar surface area (TPSA) is 55.8 Å². The first-order valence-electron chi connectivity index (χ1n) is 6.81. The molecule has 19 heavy (non-hydrogen) atoms. The van der Waals surface area contributed by atoms with E-state index in [1.54, 1.807) is 0 Å². The van der Waals surface area contributed by atoms with Crippen LogP contribution in [0.5, 0.6) is 0 Å². The van der Waals surface area contributed by atoms with Crippen LogP contribution in [-0.2, 0) is 14.3 Å². The van der Waals surface area contributed by atoms with Gasteiger partial charge >= 0.3 is 5.97 Å². The SMILES string of the molecule is COC(=O)C[C@@H]1C[C@H](O)C[C@H](CC2SCCCS2)O1. The van der Waals surface area contributed by atoms with E-state index in [1.165, 1.54) is 25.0 Å². The molecule has 0 unspecified atom stereocenters. The lowest BCUT2D eigenvalue weighted by molar-refractivity contribution is -0.150. The van der Waals surface area contributed by atoms with E-state index in [1.807, 2.05) is 23.5 Å². The molecule has 0 aromatic rings. The van der Waals surface area contributed by atoms with Crippen molar-refractivity contribution in [2.45, 2.75) is 55.0 Å². The number of hydrogen-bond donors (Lipinski definition) is 1. The third kappa shape index (κ3) is 5.17. The Kier molecular flexibility index (Phi) is 6.32. The van der Waals surface area contributed by atoms with E-state index < -0.39 is 0 Å². The molecule has 1 N–H and O–H groups in total. The van der Waals surface area contributed by atoms with Crippen LogP contribution in [0.15, 0.2) is 0 Å². The molecule has 6 heteroatoms. The van der Waals surface area contributed by atoms with Gasteiger partial charge in [0.25, 0.3) is 0 Å². The molecule has 0 aromatic heterocycles. The maximum atomic E-state index is 11.3. The van der Waals surface area contributed by atoms with Crippen molar-refractivity contribution in [1.29, 1.82) is 0 Å². The number of carbonyl (C=O) groups is 1. The second-order valence-electron chi connectivity index (χ2n) is 5.05. The monoisotopic (exact) mass is 306 g/mol. The number of methoxy groups -OCH3 is 1. The number of esters is 1. The molecule has 2 fully saturated rings. The first-order chi connectivity index (χ1) is 9.17. The average Bonchev–Trinajstić information content (AvgIpc) is 2.39. The second kappa shape index (κ2) is 7.76. The van der Waals surface area contributed by atoms with E-state index in [0.29, 0.717) is 17.4 Å². The number of thioether (sulfide) groups is 2. The predicted molar refractivity (Wildman–Crippen MR) is 78.5 cm³/mol. The lowest BCUT2D eigenvalue weighted by Crippen LogP contribution is -2.38. The molecular weight excluding hydrogens is 284 g/mol. The lowest BCUT2D eigenvalue weighted by atomic mass is 9.98. The minimum absolute atomic E-state index is 0.0708. The van der Waals surface area contributed by atoms with Crippen molar-refractivity contribution in [3.05, 3.63) is 0 Å². The van der Waals surface area contributed by atoms with Gasteiger partial charge in [-0.1, -0.05) is 0 Å². The van der Waals surface area contributed by atoms with Crippen molar-refractivity contribution in [3.8, 4) is 0 Å². The van der Waals surface area contributed by atoms with Crippen molar-refractivity contribution in [1.82, 2.24) is 0 Å². The van der Waals surface area contributed by atoms with Crippen molar-refractivity contribution in [3.63, 3.8) is 0 Å². The zero-order valence-corrected chi connectivity index (χ0v) is 12.9. The summed E-state index contributed by atoms with van der Waals surface area (Å²) in [5, 5.41) is 9.92. The highest BCUT2D eigenvalue weighted by Gasteiger charge is 2.32. The molecule has 0 saturated carbocycles. The maximum Gasteiger partial charge on any atom is 0.308 e. The van der Waals surface area contributed by atoms with Crippen LogP contribution in [0.25, 0.3) is 0 Å². The maximum absolute atomic E-state index is 11.3. The summed E-state index contributed by atoms with van der Waals surface area (Å²) in [6, 6.07) is 0. The molecule has 0 aliphatic carbocycles. The Balaban J connectivity index is 1.81. The number of carbonyl (C=O) groups excluding carboxylic acids is 1. The Labute approximate surface area is 123 Å². The molecule has 0 spiro atoms. The van der Waals surface area contributed by atoms with E-state index in [0.717, 1.165) is 6.42 Å².